The Kier molecular flexibility index (Phi) is 11.7. The van der Waals surface area contributed by atoms with Crippen molar-refractivity contribution in [1.29, 1.82) is 0 Å². The third-order valence-electron chi connectivity index (χ3n) is 2.32. The van der Waals surface area contributed by atoms with Crippen molar-refractivity contribution in [2.45, 2.75) is 38.8 Å². The van der Waals surface area contributed by atoms with E-state index in [4.69, 9.17) is 18.0 Å². The van der Waals surface area contributed by atoms with Crippen LogP contribution in [0.1, 0.15) is 33.1 Å². The molecule has 0 aromatic heterocycles. The maximum absolute atomic E-state index is 5.76. The van der Waals surface area contributed by atoms with E-state index < -0.39 is 8.80 Å². The number of hydrogen-bond acceptors (Lipinski definition) is 4. The van der Waals surface area contributed by atoms with Crippen LogP contribution in [-0.2, 0) is 18.0 Å². The molecule has 0 aromatic carbocycles. The largest absolute Gasteiger partial charge is 0.530 e. The van der Waals surface area contributed by atoms with E-state index >= 15 is 0 Å². The van der Waals surface area contributed by atoms with Gasteiger partial charge in [-0.3, -0.25) is 0 Å². The van der Waals surface area contributed by atoms with Gasteiger partial charge in [-0.05, 0) is 12.8 Å². The highest BCUT2D eigenvalue weighted by Crippen LogP contribution is 2.19. The number of hydrogen-bond donors (Lipinski definition) is 0. The third-order valence-corrected chi connectivity index (χ3v) is 5.27. The molecule has 0 rings (SSSR count). The molecule has 0 spiro atoms. The zero-order valence-corrected chi connectivity index (χ0v) is 12.0. The quantitative estimate of drug-likeness (QED) is 0.579. The fourth-order valence-electron chi connectivity index (χ4n) is 1.53. The van der Waals surface area contributed by atoms with Gasteiger partial charge in [-0.15, -0.1) is 0 Å². The van der Waals surface area contributed by atoms with Gasteiger partial charge < -0.3 is 23.5 Å². The molecule has 1 atom stereocenters. The van der Waals surface area contributed by atoms with Crippen LogP contribution in [0.25, 0.3) is 0 Å². The summed E-state index contributed by atoms with van der Waals surface area (Å²) in [5.74, 6) is 0. The first-order chi connectivity index (χ1) is 7.20. The van der Waals surface area contributed by atoms with Crippen molar-refractivity contribution in [3.8, 4) is 0 Å². The van der Waals surface area contributed by atoms with Crippen molar-refractivity contribution in [3.05, 3.63) is 0 Å². The van der Waals surface area contributed by atoms with Crippen molar-refractivity contribution in [1.82, 2.24) is 0 Å². The van der Waals surface area contributed by atoms with Gasteiger partial charge in [0.05, 0.1) is 0 Å². The Morgan fingerprint density at radius 2 is 1.44 bits per heavy atom. The lowest BCUT2D eigenvalue weighted by molar-refractivity contribution is 0.00941. The molecule has 0 aliphatic rings. The van der Waals surface area contributed by atoms with E-state index in [0.29, 0.717) is 0 Å². The summed E-state index contributed by atoms with van der Waals surface area (Å²) in [6.07, 6.45) is 2.92. The predicted octanol–water partition coefficient (Wildman–Crippen LogP) is 1.17. The van der Waals surface area contributed by atoms with E-state index in [1.54, 1.807) is 21.3 Å². The summed E-state index contributed by atoms with van der Waals surface area (Å²) in [5, 5.41) is 0. The second-order valence-corrected chi connectivity index (χ2v) is 6.44. The van der Waals surface area contributed by atoms with Crippen LogP contribution in [0.15, 0.2) is 0 Å². The van der Waals surface area contributed by atoms with Gasteiger partial charge >= 0.3 is 8.80 Å². The molecule has 0 bridgehead atoms. The Balaban J connectivity index is 0. The Hall–Kier alpha value is 0.0169. The molecule has 0 fully saturated rings. The van der Waals surface area contributed by atoms with Crippen LogP contribution in [0.5, 0.6) is 0 Å². The summed E-state index contributed by atoms with van der Waals surface area (Å²) in [6.45, 7) is 4.91. The first-order valence-corrected chi connectivity index (χ1v) is 7.27. The SMILES string of the molecule is CCCOC(CCC)[Si](OC)(OC)OC.O. The summed E-state index contributed by atoms with van der Waals surface area (Å²) in [4.78, 5) is 0. The molecule has 0 aliphatic carbocycles. The van der Waals surface area contributed by atoms with Gasteiger partial charge in [0.2, 0.25) is 0 Å². The maximum atomic E-state index is 5.76. The zero-order chi connectivity index (χ0) is 11.7. The molecule has 0 aromatic rings. The fraction of sp³-hybridized carbons (Fsp3) is 1.00. The summed E-state index contributed by atoms with van der Waals surface area (Å²) in [6, 6.07) is 0. The topological polar surface area (TPSA) is 68.4 Å². The van der Waals surface area contributed by atoms with Gasteiger partial charge in [0.25, 0.3) is 0 Å². The molecule has 100 valence electrons. The first kappa shape index (κ1) is 18.4. The lowest BCUT2D eigenvalue weighted by Crippen LogP contribution is -2.55. The van der Waals surface area contributed by atoms with E-state index in [1.165, 1.54) is 0 Å². The van der Waals surface area contributed by atoms with E-state index in [0.717, 1.165) is 25.9 Å². The van der Waals surface area contributed by atoms with E-state index in [-0.39, 0.29) is 11.2 Å². The van der Waals surface area contributed by atoms with E-state index in [1.807, 2.05) is 0 Å². The van der Waals surface area contributed by atoms with Crippen LogP contribution in [0.3, 0.4) is 0 Å². The highest BCUT2D eigenvalue weighted by atomic mass is 28.4. The van der Waals surface area contributed by atoms with Crippen LogP contribution < -0.4 is 0 Å². The number of rotatable bonds is 9. The van der Waals surface area contributed by atoms with E-state index in [9.17, 15) is 0 Å². The molecule has 0 saturated heterocycles. The Morgan fingerprint density at radius 3 is 1.75 bits per heavy atom. The van der Waals surface area contributed by atoms with Gasteiger partial charge in [0, 0.05) is 27.9 Å². The maximum Gasteiger partial charge on any atom is 0.530 e. The minimum atomic E-state index is -2.63. The molecule has 0 radical (unpaired) electrons. The molecule has 5 nitrogen and oxygen atoms in total. The second-order valence-electron chi connectivity index (χ2n) is 3.36. The molecule has 2 N–H and O–H groups in total. The summed E-state index contributed by atoms with van der Waals surface area (Å²) in [7, 11) is 2.24. The average Bonchev–Trinajstić information content (AvgIpc) is 2.28. The molecule has 1 unspecified atom stereocenters. The van der Waals surface area contributed by atoms with Gasteiger partial charge in [-0.2, -0.15) is 0 Å². The minimum absolute atomic E-state index is 0. The molecular formula is C10H26O5Si. The lowest BCUT2D eigenvalue weighted by atomic mass is 10.3. The summed E-state index contributed by atoms with van der Waals surface area (Å²) >= 11 is 0. The van der Waals surface area contributed by atoms with Crippen LogP contribution in [-0.4, -0.2) is 47.9 Å². The lowest BCUT2D eigenvalue weighted by Gasteiger charge is -2.32. The van der Waals surface area contributed by atoms with Crippen molar-refractivity contribution in [2.75, 3.05) is 27.9 Å². The Morgan fingerprint density at radius 1 is 0.938 bits per heavy atom. The summed E-state index contributed by atoms with van der Waals surface area (Å²) < 4.78 is 22.0. The van der Waals surface area contributed by atoms with Gasteiger partial charge in [0.15, 0.2) is 0 Å². The van der Waals surface area contributed by atoms with Gasteiger partial charge in [-0.25, -0.2) is 0 Å². The van der Waals surface area contributed by atoms with Crippen LogP contribution in [0.2, 0.25) is 0 Å². The standard InChI is InChI=1S/C10H24O4Si.H2O/c1-6-8-10(14-9-7-2)15(11-3,12-4)13-5;/h10H,6-9H2,1-5H3;1H2. The first-order valence-electron chi connectivity index (χ1n) is 5.47. The molecule has 0 aliphatic heterocycles. The van der Waals surface area contributed by atoms with Crippen LogP contribution in [0.4, 0.5) is 0 Å². The average molecular weight is 254 g/mol. The number of ether oxygens (including phenoxy) is 1. The molecule has 0 amide bonds. The van der Waals surface area contributed by atoms with Crippen molar-refractivity contribution >= 4 is 8.80 Å². The second kappa shape index (κ2) is 10.2. The summed E-state index contributed by atoms with van der Waals surface area (Å²) in [5.41, 5.74) is -0.0533. The molecule has 0 heterocycles. The van der Waals surface area contributed by atoms with Crippen molar-refractivity contribution in [3.63, 3.8) is 0 Å². The third kappa shape index (κ3) is 4.90. The highest BCUT2D eigenvalue weighted by Gasteiger charge is 2.47. The van der Waals surface area contributed by atoms with Gasteiger partial charge in [-0.1, -0.05) is 20.3 Å². The van der Waals surface area contributed by atoms with Gasteiger partial charge in [0.1, 0.15) is 5.73 Å². The normalized spacial score (nSPS) is 13.3. The predicted molar refractivity (Wildman–Crippen MR) is 65.3 cm³/mol. The Labute approximate surface area is 99.7 Å². The Bertz CT molecular complexity index is 144. The smallest absolute Gasteiger partial charge is 0.412 e. The van der Waals surface area contributed by atoms with Crippen molar-refractivity contribution < 1.29 is 23.5 Å². The fourth-order valence-corrected chi connectivity index (χ4v) is 3.78. The minimum Gasteiger partial charge on any atom is -0.412 e. The van der Waals surface area contributed by atoms with E-state index in [2.05, 4.69) is 13.8 Å². The highest BCUT2D eigenvalue weighted by molar-refractivity contribution is 6.62. The van der Waals surface area contributed by atoms with Crippen molar-refractivity contribution in [2.24, 2.45) is 0 Å². The van der Waals surface area contributed by atoms with Crippen LogP contribution >= 0.6 is 0 Å². The molecular weight excluding hydrogens is 228 g/mol. The monoisotopic (exact) mass is 254 g/mol. The molecule has 6 heteroatoms. The zero-order valence-electron chi connectivity index (χ0n) is 11.0. The van der Waals surface area contributed by atoms with Crippen LogP contribution in [0, 0.1) is 0 Å². The molecule has 0 saturated carbocycles. The molecule has 16 heavy (non-hydrogen) atoms.